The van der Waals surface area contributed by atoms with Crippen molar-refractivity contribution in [3.63, 3.8) is 0 Å². The fraction of sp³-hybridized carbons (Fsp3) is 0.115. The van der Waals surface area contributed by atoms with Gasteiger partial charge in [-0.2, -0.15) is 0 Å². The summed E-state index contributed by atoms with van der Waals surface area (Å²) in [5.41, 5.74) is 0.995. The van der Waals surface area contributed by atoms with Gasteiger partial charge in [-0.05, 0) is 54.6 Å². The number of carbonyl (C=O) groups is 3. The highest BCUT2D eigenvalue weighted by Crippen LogP contribution is 2.26. The fourth-order valence-corrected chi connectivity index (χ4v) is 5.34. The van der Waals surface area contributed by atoms with Crippen molar-refractivity contribution in [3.05, 3.63) is 107 Å². The quantitative estimate of drug-likeness (QED) is 0.236. The summed E-state index contributed by atoms with van der Waals surface area (Å²) in [6.07, 6.45) is 1.45. The van der Waals surface area contributed by atoms with Crippen LogP contribution in [-0.2, 0) is 14.8 Å². The molecule has 1 heterocycles. The number of hydrogen-bond donors (Lipinski definition) is 0. The zero-order valence-corrected chi connectivity index (χ0v) is 20.5. The largest absolute Gasteiger partial charge is 0.460 e. The fourth-order valence-electron chi connectivity index (χ4n) is 3.73. The average Bonchev–Trinajstić information content (AvgIpc) is 3.13. The Balaban J connectivity index is 1.47. The molecule has 0 spiro atoms. The number of nitrogens with zero attached hydrogens (tertiary/aromatic N) is 2. The lowest BCUT2D eigenvalue weighted by Crippen LogP contribution is -2.33. The molecule has 0 N–H and O–H groups in total. The van der Waals surface area contributed by atoms with Crippen LogP contribution in [0, 0.1) is 0 Å². The van der Waals surface area contributed by atoms with E-state index >= 15 is 0 Å². The standard InChI is InChI=1S/C26H21ClN2O6S/c1-2-14-29(20-12-10-19(27)11-13-20)36(33,34)21-7-5-6-18(17-21)26(32)35-16-15-28-24(30)22-8-3-4-9-23(22)25(28)31/h2-13,17H,1,14-16H2. The molecule has 0 aliphatic carbocycles. The molecule has 0 fully saturated rings. The van der Waals surface area contributed by atoms with Crippen LogP contribution in [0.3, 0.4) is 0 Å². The number of halogens is 1. The maximum absolute atomic E-state index is 13.4. The Morgan fingerprint density at radius 2 is 1.61 bits per heavy atom. The summed E-state index contributed by atoms with van der Waals surface area (Å²) >= 11 is 5.92. The Bertz CT molecular complexity index is 1420. The van der Waals surface area contributed by atoms with Gasteiger partial charge in [0.05, 0.1) is 40.4 Å². The zero-order valence-electron chi connectivity index (χ0n) is 19.0. The molecular formula is C26H21ClN2O6S. The predicted octanol–water partition coefficient (Wildman–Crippen LogP) is 4.17. The molecule has 0 radical (unpaired) electrons. The van der Waals surface area contributed by atoms with Crippen LogP contribution in [0.25, 0.3) is 0 Å². The highest BCUT2D eigenvalue weighted by Gasteiger charge is 2.35. The van der Waals surface area contributed by atoms with Crippen molar-refractivity contribution < 1.29 is 27.5 Å². The molecule has 2 amide bonds. The summed E-state index contributed by atoms with van der Waals surface area (Å²) in [5, 5.41) is 0.459. The molecule has 0 saturated heterocycles. The smallest absolute Gasteiger partial charge is 0.338 e. The lowest BCUT2D eigenvalue weighted by molar-refractivity contribution is 0.0420. The number of hydrogen-bond acceptors (Lipinski definition) is 6. The number of fused-ring (bicyclic) bond motifs is 1. The number of carbonyl (C=O) groups excluding carboxylic acids is 3. The first-order valence-electron chi connectivity index (χ1n) is 10.9. The van der Waals surface area contributed by atoms with Gasteiger partial charge in [-0.1, -0.05) is 35.9 Å². The van der Waals surface area contributed by atoms with Crippen molar-refractivity contribution in [2.45, 2.75) is 4.90 Å². The van der Waals surface area contributed by atoms with E-state index in [1.54, 1.807) is 48.5 Å². The van der Waals surface area contributed by atoms with Crippen molar-refractivity contribution in [1.82, 2.24) is 4.90 Å². The van der Waals surface area contributed by atoms with Gasteiger partial charge in [0.25, 0.3) is 21.8 Å². The SMILES string of the molecule is C=CCN(c1ccc(Cl)cc1)S(=O)(=O)c1cccc(C(=O)OCCN2C(=O)c3ccccc3C2=O)c1. The molecule has 0 aromatic heterocycles. The van der Waals surface area contributed by atoms with E-state index in [1.807, 2.05) is 0 Å². The van der Waals surface area contributed by atoms with Crippen molar-refractivity contribution in [3.8, 4) is 0 Å². The van der Waals surface area contributed by atoms with Gasteiger partial charge >= 0.3 is 5.97 Å². The first-order valence-corrected chi connectivity index (χ1v) is 12.7. The number of anilines is 1. The number of benzene rings is 3. The average molecular weight is 525 g/mol. The Labute approximate surface area is 213 Å². The van der Waals surface area contributed by atoms with Gasteiger partial charge in [0.2, 0.25) is 0 Å². The highest BCUT2D eigenvalue weighted by atomic mass is 35.5. The summed E-state index contributed by atoms with van der Waals surface area (Å²) in [6, 6.07) is 18.2. The Morgan fingerprint density at radius 1 is 0.972 bits per heavy atom. The van der Waals surface area contributed by atoms with Gasteiger partial charge in [0.1, 0.15) is 6.61 Å². The van der Waals surface area contributed by atoms with E-state index in [2.05, 4.69) is 6.58 Å². The summed E-state index contributed by atoms with van der Waals surface area (Å²) in [4.78, 5) is 38.4. The van der Waals surface area contributed by atoms with Crippen LogP contribution in [0.4, 0.5) is 5.69 Å². The Hall–Kier alpha value is -3.95. The number of sulfonamides is 1. The van der Waals surface area contributed by atoms with E-state index in [-0.39, 0.29) is 30.2 Å². The molecule has 0 saturated carbocycles. The predicted molar refractivity (Wildman–Crippen MR) is 135 cm³/mol. The monoisotopic (exact) mass is 524 g/mol. The number of imide groups is 1. The minimum absolute atomic E-state index is 0.00107. The summed E-state index contributed by atoms with van der Waals surface area (Å²) in [7, 11) is -4.05. The van der Waals surface area contributed by atoms with Gasteiger partial charge in [0, 0.05) is 5.02 Å². The summed E-state index contributed by atoms with van der Waals surface area (Å²) < 4.78 is 33.1. The second kappa shape index (κ2) is 10.3. The third kappa shape index (κ3) is 4.89. The first-order chi connectivity index (χ1) is 17.2. The maximum atomic E-state index is 13.4. The molecule has 3 aromatic carbocycles. The third-order valence-electron chi connectivity index (χ3n) is 5.49. The van der Waals surface area contributed by atoms with E-state index in [1.165, 1.54) is 30.3 Å². The third-order valence-corrected chi connectivity index (χ3v) is 7.54. The molecule has 3 aromatic rings. The molecule has 0 atom stereocenters. The van der Waals surface area contributed by atoms with Crippen LogP contribution < -0.4 is 4.31 Å². The van der Waals surface area contributed by atoms with E-state index in [0.717, 1.165) is 9.21 Å². The Kier molecular flexibility index (Phi) is 7.23. The lowest BCUT2D eigenvalue weighted by Gasteiger charge is -2.23. The maximum Gasteiger partial charge on any atom is 0.338 e. The van der Waals surface area contributed by atoms with Crippen molar-refractivity contribution in [2.75, 3.05) is 24.0 Å². The minimum atomic E-state index is -4.05. The zero-order chi connectivity index (χ0) is 25.9. The second-order valence-electron chi connectivity index (χ2n) is 7.77. The lowest BCUT2D eigenvalue weighted by atomic mass is 10.1. The van der Waals surface area contributed by atoms with E-state index < -0.39 is 27.8 Å². The Morgan fingerprint density at radius 3 is 2.22 bits per heavy atom. The molecule has 184 valence electrons. The topological polar surface area (TPSA) is 101 Å². The molecule has 10 heteroatoms. The molecule has 36 heavy (non-hydrogen) atoms. The van der Waals surface area contributed by atoms with E-state index in [4.69, 9.17) is 16.3 Å². The van der Waals surface area contributed by atoms with Crippen LogP contribution in [0.15, 0.2) is 90.3 Å². The molecule has 0 bridgehead atoms. The van der Waals surface area contributed by atoms with E-state index in [0.29, 0.717) is 21.8 Å². The number of amides is 2. The van der Waals surface area contributed by atoms with Crippen LogP contribution in [0.5, 0.6) is 0 Å². The van der Waals surface area contributed by atoms with Crippen molar-refractivity contribution >= 4 is 45.1 Å². The molecule has 1 aliphatic rings. The van der Waals surface area contributed by atoms with Crippen molar-refractivity contribution in [1.29, 1.82) is 0 Å². The summed E-state index contributed by atoms with van der Waals surface area (Å²) in [5.74, 6) is -1.70. The van der Waals surface area contributed by atoms with Crippen LogP contribution in [0.1, 0.15) is 31.1 Å². The van der Waals surface area contributed by atoms with Gasteiger partial charge < -0.3 is 4.74 Å². The number of rotatable bonds is 9. The molecule has 8 nitrogen and oxygen atoms in total. The van der Waals surface area contributed by atoms with Gasteiger partial charge in [-0.25, -0.2) is 13.2 Å². The van der Waals surface area contributed by atoms with Crippen LogP contribution in [-0.4, -0.2) is 50.8 Å². The normalized spacial score (nSPS) is 12.9. The first kappa shape index (κ1) is 25.2. The van der Waals surface area contributed by atoms with Crippen molar-refractivity contribution in [2.24, 2.45) is 0 Å². The van der Waals surface area contributed by atoms with Gasteiger partial charge in [-0.15, -0.1) is 6.58 Å². The van der Waals surface area contributed by atoms with Crippen LogP contribution in [0.2, 0.25) is 5.02 Å². The van der Waals surface area contributed by atoms with Gasteiger partial charge in [0.15, 0.2) is 0 Å². The van der Waals surface area contributed by atoms with E-state index in [9.17, 15) is 22.8 Å². The molecule has 0 unspecified atom stereocenters. The van der Waals surface area contributed by atoms with Crippen LogP contribution >= 0.6 is 11.6 Å². The summed E-state index contributed by atoms with van der Waals surface area (Å²) in [6.45, 7) is 3.26. The molecule has 4 rings (SSSR count). The van der Waals surface area contributed by atoms with Gasteiger partial charge in [-0.3, -0.25) is 18.8 Å². The molecule has 1 aliphatic heterocycles. The minimum Gasteiger partial charge on any atom is -0.460 e. The molecular weight excluding hydrogens is 504 g/mol. The highest BCUT2D eigenvalue weighted by molar-refractivity contribution is 7.92. The number of ether oxygens (including phenoxy) is 1. The second-order valence-corrected chi connectivity index (χ2v) is 10.1. The number of esters is 1.